The average molecular weight is 401 g/mol. The summed E-state index contributed by atoms with van der Waals surface area (Å²) >= 11 is 1.38. The largest absolute Gasteiger partial charge is 0.477 e. The highest BCUT2D eigenvalue weighted by Crippen LogP contribution is 2.45. The van der Waals surface area contributed by atoms with Crippen molar-refractivity contribution in [3.8, 4) is 0 Å². The molecule has 1 amide bonds. The van der Waals surface area contributed by atoms with Crippen LogP contribution in [-0.4, -0.2) is 41.7 Å². The van der Waals surface area contributed by atoms with Gasteiger partial charge in [0.25, 0.3) is 0 Å². The number of carboxylic acid groups (broad SMARTS) is 1. The van der Waals surface area contributed by atoms with Gasteiger partial charge in [0.15, 0.2) is 0 Å². The zero-order chi connectivity index (χ0) is 19.7. The number of aromatic carboxylic acids is 1. The summed E-state index contributed by atoms with van der Waals surface area (Å²) in [6, 6.07) is 5.78. The summed E-state index contributed by atoms with van der Waals surface area (Å²) in [6.45, 7) is 4.22. The molecule has 1 saturated heterocycles. The fourth-order valence-corrected chi connectivity index (χ4v) is 5.04. The third kappa shape index (κ3) is 3.62. The van der Waals surface area contributed by atoms with Crippen molar-refractivity contribution >= 4 is 29.0 Å². The second kappa shape index (κ2) is 7.52. The maximum atomic E-state index is 11.4. The normalized spacial score (nSPS) is 18.0. The Morgan fingerprint density at radius 2 is 2.14 bits per heavy atom. The maximum Gasteiger partial charge on any atom is 0.345 e. The monoisotopic (exact) mass is 401 g/mol. The zero-order valence-electron chi connectivity index (χ0n) is 15.7. The van der Waals surface area contributed by atoms with Crippen molar-refractivity contribution < 1.29 is 19.4 Å². The number of nitrogens with zero attached hydrogens (tertiary/aromatic N) is 2. The molecule has 0 atom stereocenters. The third-order valence-corrected chi connectivity index (χ3v) is 6.65. The lowest BCUT2D eigenvalue weighted by atomic mass is 9.82. The minimum atomic E-state index is -0.865. The summed E-state index contributed by atoms with van der Waals surface area (Å²) in [6.07, 6.45) is 4.20. The number of carbonyl (C=O) groups excluding carboxylic acids is 1. The SMILES string of the molecule is CC(=O)NCc1ccc(N2CCC3(CC2)OCCc2sc(C(=O)O)cc23)nc1. The Balaban J connectivity index is 1.45. The Bertz CT molecular complexity index is 885. The van der Waals surface area contributed by atoms with E-state index in [1.165, 1.54) is 18.3 Å². The van der Waals surface area contributed by atoms with Gasteiger partial charge < -0.3 is 20.1 Å². The van der Waals surface area contributed by atoms with Crippen LogP contribution in [0.15, 0.2) is 24.4 Å². The van der Waals surface area contributed by atoms with Gasteiger partial charge in [0.05, 0.1) is 12.2 Å². The van der Waals surface area contributed by atoms with Crippen molar-refractivity contribution in [1.29, 1.82) is 0 Å². The zero-order valence-corrected chi connectivity index (χ0v) is 16.6. The van der Waals surface area contributed by atoms with Gasteiger partial charge in [0.1, 0.15) is 10.7 Å². The molecule has 4 rings (SSSR count). The van der Waals surface area contributed by atoms with Crippen LogP contribution in [0.2, 0.25) is 0 Å². The number of hydrogen-bond donors (Lipinski definition) is 2. The van der Waals surface area contributed by atoms with Crippen molar-refractivity contribution in [3.63, 3.8) is 0 Å². The molecule has 0 aliphatic carbocycles. The van der Waals surface area contributed by atoms with E-state index in [1.54, 1.807) is 6.20 Å². The Labute approximate surface area is 167 Å². The first kappa shape index (κ1) is 18.9. The molecule has 0 aromatic carbocycles. The standard InChI is InChI=1S/C20H23N3O4S/c1-13(24)21-11-14-2-3-18(22-12-14)23-7-5-20(6-8-23)15-10-17(19(25)26)28-16(15)4-9-27-20/h2-3,10,12H,4-9,11H2,1H3,(H,21,24)(H,25,26). The fraction of sp³-hybridized carbons (Fsp3) is 0.450. The molecule has 7 nitrogen and oxygen atoms in total. The topological polar surface area (TPSA) is 91.8 Å². The van der Waals surface area contributed by atoms with Crippen LogP contribution in [0.5, 0.6) is 0 Å². The number of aromatic nitrogens is 1. The van der Waals surface area contributed by atoms with E-state index in [2.05, 4.69) is 15.2 Å². The van der Waals surface area contributed by atoms with Crippen molar-refractivity contribution in [2.75, 3.05) is 24.6 Å². The molecule has 0 radical (unpaired) electrons. The van der Waals surface area contributed by atoms with E-state index in [1.807, 2.05) is 18.2 Å². The minimum Gasteiger partial charge on any atom is -0.477 e. The summed E-state index contributed by atoms with van der Waals surface area (Å²) in [5.74, 6) is -0.0127. The van der Waals surface area contributed by atoms with E-state index in [-0.39, 0.29) is 11.5 Å². The van der Waals surface area contributed by atoms with Gasteiger partial charge in [-0.05, 0) is 36.1 Å². The first-order chi connectivity index (χ1) is 13.5. The number of piperidine rings is 1. The second-order valence-electron chi connectivity index (χ2n) is 7.27. The number of anilines is 1. The molecule has 28 heavy (non-hydrogen) atoms. The molecule has 148 valence electrons. The van der Waals surface area contributed by atoms with Crippen molar-refractivity contribution in [3.05, 3.63) is 45.3 Å². The van der Waals surface area contributed by atoms with E-state index in [0.29, 0.717) is 18.0 Å². The molecule has 8 heteroatoms. The quantitative estimate of drug-likeness (QED) is 0.818. The van der Waals surface area contributed by atoms with Gasteiger partial charge in [-0.15, -0.1) is 11.3 Å². The molecule has 0 saturated carbocycles. The Morgan fingerprint density at radius 1 is 1.36 bits per heavy atom. The Kier molecular flexibility index (Phi) is 5.07. The van der Waals surface area contributed by atoms with Gasteiger partial charge in [-0.25, -0.2) is 9.78 Å². The predicted octanol–water partition coefficient (Wildman–Crippen LogP) is 2.55. The summed E-state index contributed by atoms with van der Waals surface area (Å²) < 4.78 is 6.21. The lowest BCUT2D eigenvalue weighted by Gasteiger charge is -2.44. The smallest absolute Gasteiger partial charge is 0.345 e. The van der Waals surface area contributed by atoms with Crippen LogP contribution < -0.4 is 10.2 Å². The van der Waals surface area contributed by atoms with E-state index >= 15 is 0 Å². The average Bonchev–Trinajstić information content (AvgIpc) is 3.14. The first-order valence-corrected chi connectivity index (χ1v) is 10.2. The highest BCUT2D eigenvalue weighted by molar-refractivity contribution is 7.14. The number of hydrogen-bond acceptors (Lipinski definition) is 6. The Hall–Kier alpha value is -2.45. The van der Waals surface area contributed by atoms with Gasteiger partial charge in [-0.2, -0.15) is 0 Å². The van der Waals surface area contributed by atoms with E-state index < -0.39 is 5.97 Å². The number of thiophene rings is 1. The van der Waals surface area contributed by atoms with Crippen molar-refractivity contribution in [2.24, 2.45) is 0 Å². The van der Waals surface area contributed by atoms with E-state index in [4.69, 9.17) is 4.74 Å². The molecule has 1 spiro atoms. The van der Waals surface area contributed by atoms with Crippen LogP contribution in [0, 0.1) is 0 Å². The first-order valence-electron chi connectivity index (χ1n) is 9.42. The van der Waals surface area contributed by atoms with Crippen molar-refractivity contribution in [1.82, 2.24) is 10.3 Å². The number of carbonyl (C=O) groups is 2. The van der Waals surface area contributed by atoms with Gasteiger partial charge >= 0.3 is 5.97 Å². The molecule has 2 aromatic rings. The van der Waals surface area contributed by atoms with Crippen LogP contribution >= 0.6 is 11.3 Å². The van der Waals surface area contributed by atoms with E-state index in [0.717, 1.165) is 54.2 Å². The number of pyridine rings is 1. The molecule has 2 aliphatic rings. The molecule has 4 heterocycles. The molecule has 2 N–H and O–H groups in total. The van der Waals surface area contributed by atoms with Gasteiger partial charge in [0, 0.05) is 44.1 Å². The van der Waals surface area contributed by atoms with Gasteiger partial charge in [-0.1, -0.05) is 6.07 Å². The molecular weight excluding hydrogens is 378 g/mol. The second-order valence-corrected chi connectivity index (χ2v) is 8.40. The van der Waals surface area contributed by atoms with Crippen LogP contribution in [0.3, 0.4) is 0 Å². The lowest BCUT2D eigenvalue weighted by Crippen LogP contribution is -2.46. The highest BCUT2D eigenvalue weighted by atomic mass is 32.1. The number of carboxylic acids is 1. The van der Waals surface area contributed by atoms with Crippen LogP contribution in [0.1, 0.15) is 45.4 Å². The minimum absolute atomic E-state index is 0.0586. The lowest BCUT2D eigenvalue weighted by molar-refractivity contribution is -0.119. The molecule has 2 aromatic heterocycles. The summed E-state index contributed by atoms with van der Waals surface area (Å²) in [5.41, 5.74) is 1.66. The summed E-state index contributed by atoms with van der Waals surface area (Å²) in [4.78, 5) is 30.7. The molecular formula is C20H23N3O4S. The molecule has 0 unspecified atom stereocenters. The van der Waals surface area contributed by atoms with E-state index in [9.17, 15) is 14.7 Å². The predicted molar refractivity (Wildman–Crippen MR) is 106 cm³/mol. The van der Waals surface area contributed by atoms with Gasteiger partial charge in [-0.3, -0.25) is 4.79 Å². The third-order valence-electron chi connectivity index (χ3n) is 5.46. The van der Waals surface area contributed by atoms with Crippen LogP contribution in [0.4, 0.5) is 5.82 Å². The van der Waals surface area contributed by atoms with Crippen LogP contribution in [-0.2, 0) is 28.1 Å². The van der Waals surface area contributed by atoms with Crippen LogP contribution in [0.25, 0.3) is 0 Å². The van der Waals surface area contributed by atoms with Gasteiger partial charge in [0.2, 0.25) is 5.91 Å². The number of nitrogens with one attached hydrogen (secondary N) is 1. The van der Waals surface area contributed by atoms with Crippen molar-refractivity contribution in [2.45, 2.75) is 38.3 Å². The molecule has 0 bridgehead atoms. The number of ether oxygens (including phenoxy) is 1. The fourth-order valence-electron chi connectivity index (χ4n) is 3.97. The summed E-state index contributed by atoms with van der Waals surface area (Å²) in [5, 5.41) is 12.1. The number of amides is 1. The number of fused-ring (bicyclic) bond motifs is 2. The molecule has 1 fully saturated rings. The Morgan fingerprint density at radius 3 is 2.79 bits per heavy atom. The molecule has 2 aliphatic heterocycles. The number of rotatable bonds is 4. The maximum absolute atomic E-state index is 11.4. The summed E-state index contributed by atoms with van der Waals surface area (Å²) in [7, 11) is 0. The highest BCUT2D eigenvalue weighted by Gasteiger charge is 2.42.